The van der Waals surface area contributed by atoms with Gasteiger partial charge in [0.2, 0.25) is 0 Å². The zero-order valence-electron chi connectivity index (χ0n) is 11.1. The van der Waals surface area contributed by atoms with Gasteiger partial charge in [0.05, 0.1) is 27.8 Å². The lowest BCUT2D eigenvalue weighted by Crippen LogP contribution is -2.20. The largest absolute Gasteiger partial charge is 0.495 e. The molecule has 22 heavy (non-hydrogen) atoms. The van der Waals surface area contributed by atoms with Crippen molar-refractivity contribution in [2.75, 3.05) is 17.7 Å². The lowest BCUT2D eigenvalue weighted by atomic mass is 10.2. The molecule has 2 N–H and O–H groups in total. The Morgan fingerprint density at radius 1 is 1.23 bits per heavy atom. The fourth-order valence-electron chi connectivity index (χ4n) is 1.64. The van der Waals surface area contributed by atoms with E-state index in [2.05, 4.69) is 26.6 Å². The van der Waals surface area contributed by atoms with Gasteiger partial charge in [-0.2, -0.15) is 13.2 Å². The Hall–Kier alpha value is -1.74. The van der Waals surface area contributed by atoms with Crippen LogP contribution in [-0.4, -0.2) is 13.1 Å². The monoisotopic (exact) mass is 394 g/mol. The molecule has 1 aromatic heterocycles. The summed E-state index contributed by atoms with van der Waals surface area (Å²) < 4.78 is 43.8. The molecule has 0 saturated heterocycles. The second-order valence-corrected chi connectivity index (χ2v) is 6.33. The number of carbonyl (C=O) groups excluding carboxylic acids is 1. The summed E-state index contributed by atoms with van der Waals surface area (Å²) in [6, 6.07) is 3.85. The number of alkyl halides is 3. The van der Waals surface area contributed by atoms with Crippen molar-refractivity contribution in [3.05, 3.63) is 39.0 Å². The molecule has 2 rings (SSSR count). The van der Waals surface area contributed by atoms with Gasteiger partial charge in [-0.25, -0.2) is 4.79 Å². The molecule has 0 unspecified atom stereocenters. The standard InChI is InChI=1S/C13H10BrF3N2O2S/c1-21-10-3-2-7(13(15,16)17)6-9(10)19-12(20)18-8-4-5-22-11(8)14/h2-6H,1H3,(H2,18,19,20). The smallest absolute Gasteiger partial charge is 0.416 e. The SMILES string of the molecule is COc1ccc(C(F)(F)F)cc1NC(=O)Nc1ccsc1Br. The van der Waals surface area contributed by atoms with Crippen molar-refractivity contribution in [2.45, 2.75) is 6.18 Å². The molecular formula is C13H10BrF3N2O2S. The molecule has 0 bridgehead atoms. The average molecular weight is 395 g/mol. The Bertz CT molecular complexity index is 688. The van der Waals surface area contributed by atoms with Crippen molar-refractivity contribution in [3.8, 4) is 5.75 Å². The summed E-state index contributed by atoms with van der Waals surface area (Å²) in [5.74, 6) is 0.132. The third-order valence-electron chi connectivity index (χ3n) is 2.64. The third-order valence-corrected chi connectivity index (χ3v) is 4.33. The molecule has 2 aromatic rings. The molecule has 0 spiro atoms. The van der Waals surface area contributed by atoms with Crippen LogP contribution >= 0.6 is 27.3 Å². The number of nitrogens with one attached hydrogen (secondary N) is 2. The van der Waals surface area contributed by atoms with Gasteiger partial charge < -0.3 is 15.4 Å². The molecule has 0 aliphatic heterocycles. The number of amides is 2. The molecule has 118 valence electrons. The fourth-order valence-corrected chi connectivity index (χ4v) is 2.76. The number of halogens is 4. The van der Waals surface area contributed by atoms with E-state index in [1.54, 1.807) is 11.4 Å². The van der Waals surface area contributed by atoms with E-state index in [1.807, 2.05) is 0 Å². The highest BCUT2D eigenvalue weighted by atomic mass is 79.9. The van der Waals surface area contributed by atoms with Gasteiger partial charge >= 0.3 is 12.2 Å². The minimum Gasteiger partial charge on any atom is -0.495 e. The van der Waals surface area contributed by atoms with Gasteiger partial charge in [-0.05, 0) is 45.6 Å². The summed E-state index contributed by atoms with van der Waals surface area (Å²) in [4.78, 5) is 11.9. The van der Waals surface area contributed by atoms with Crippen LogP contribution in [-0.2, 0) is 6.18 Å². The second-order valence-electron chi connectivity index (χ2n) is 4.10. The van der Waals surface area contributed by atoms with Crippen LogP contribution in [0.2, 0.25) is 0 Å². The molecule has 9 heteroatoms. The van der Waals surface area contributed by atoms with Crippen LogP contribution < -0.4 is 15.4 Å². The third kappa shape index (κ3) is 3.92. The number of methoxy groups -OCH3 is 1. The molecule has 0 saturated carbocycles. The first-order valence-electron chi connectivity index (χ1n) is 5.87. The first-order valence-corrected chi connectivity index (χ1v) is 7.54. The van der Waals surface area contributed by atoms with Crippen molar-refractivity contribution in [3.63, 3.8) is 0 Å². The van der Waals surface area contributed by atoms with Crippen LogP contribution in [0.3, 0.4) is 0 Å². The first-order chi connectivity index (χ1) is 10.3. The van der Waals surface area contributed by atoms with Crippen molar-refractivity contribution < 1.29 is 22.7 Å². The highest BCUT2D eigenvalue weighted by molar-refractivity contribution is 9.11. The van der Waals surface area contributed by atoms with Gasteiger partial charge in [-0.1, -0.05) is 0 Å². The molecule has 2 amide bonds. The molecule has 1 aromatic carbocycles. The summed E-state index contributed by atoms with van der Waals surface area (Å²) in [5.41, 5.74) is -0.421. The summed E-state index contributed by atoms with van der Waals surface area (Å²) in [6.07, 6.45) is -4.50. The van der Waals surface area contributed by atoms with E-state index in [9.17, 15) is 18.0 Å². The number of ether oxygens (including phenoxy) is 1. The molecular weight excluding hydrogens is 385 g/mol. The number of anilines is 2. The van der Waals surface area contributed by atoms with Crippen molar-refractivity contribution >= 4 is 44.7 Å². The van der Waals surface area contributed by atoms with Crippen LogP contribution in [0.25, 0.3) is 0 Å². The summed E-state index contributed by atoms with van der Waals surface area (Å²) >= 11 is 4.62. The predicted octanol–water partition coefficient (Wildman–Crippen LogP) is 5.18. The Morgan fingerprint density at radius 2 is 1.91 bits per heavy atom. The summed E-state index contributed by atoms with van der Waals surface area (Å²) in [6.45, 7) is 0. The predicted molar refractivity (Wildman–Crippen MR) is 82.7 cm³/mol. The Morgan fingerprint density at radius 3 is 2.45 bits per heavy atom. The topological polar surface area (TPSA) is 50.4 Å². The first kappa shape index (κ1) is 16.6. The van der Waals surface area contributed by atoms with E-state index in [0.717, 1.165) is 18.2 Å². The Kier molecular flexibility index (Phi) is 4.97. The maximum atomic E-state index is 12.7. The van der Waals surface area contributed by atoms with Gasteiger partial charge in [0.15, 0.2) is 0 Å². The van der Waals surface area contributed by atoms with Gasteiger partial charge in [0.1, 0.15) is 5.75 Å². The zero-order valence-corrected chi connectivity index (χ0v) is 13.5. The van der Waals surface area contributed by atoms with Gasteiger partial charge in [-0.15, -0.1) is 11.3 Å². The number of hydrogen-bond acceptors (Lipinski definition) is 3. The molecule has 0 aliphatic carbocycles. The zero-order chi connectivity index (χ0) is 16.3. The van der Waals surface area contributed by atoms with E-state index < -0.39 is 17.8 Å². The number of benzene rings is 1. The summed E-state index contributed by atoms with van der Waals surface area (Å²) in [5, 5.41) is 6.63. The van der Waals surface area contributed by atoms with Crippen LogP contribution in [0.5, 0.6) is 5.75 Å². The minimum atomic E-state index is -4.50. The van der Waals surface area contributed by atoms with Gasteiger partial charge in [-0.3, -0.25) is 0 Å². The fraction of sp³-hybridized carbons (Fsp3) is 0.154. The molecule has 1 heterocycles. The van der Waals surface area contributed by atoms with E-state index in [0.29, 0.717) is 9.47 Å². The normalized spacial score (nSPS) is 11.1. The van der Waals surface area contributed by atoms with Crippen LogP contribution in [0.15, 0.2) is 33.4 Å². The van der Waals surface area contributed by atoms with Crippen LogP contribution in [0, 0.1) is 0 Å². The second kappa shape index (κ2) is 6.57. The molecule has 0 atom stereocenters. The number of urea groups is 1. The van der Waals surface area contributed by atoms with Crippen molar-refractivity contribution in [1.29, 1.82) is 0 Å². The highest BCUT2D eigenvalue weighted by Crippen LogP contribution is 2.35. The highest BCUT2D eigenvalue weighted by Gasteiger charge is 2.31. The van der Waals surface area contributed by atoms with Gasteiger partial charge in [0, 0.05) is 0 Å². The minimum absolute atomic E-state index is 0.0684. The Labute approximate surface area is 136 Å². The van der Waals surface area contributed by atoms with Crippen LogP contribution in [0.4, 0.5) is 29.3 Å². The maximum absolute atomic E-state index is 12.7. The van der Waals surface area contributed by atoms with E-state index in [-0.39, 0.29) is 11.4 Å². The quantitative estimate of drug-likeness (QED) is 0.753. The lowest BCUT2D eigenvalue weighted by Gasteiger charge is -2.14. The van der Waals surface area contributed by atoms with Crippen LogP contribution in [0.1, 0.15) is 5.56 Å². The van der Waals surface area contributed by atoms with E-state index in [4.69, 9.17) is 4.74 Å². The Balaban J connectivity index is 2.20. The molecule has 0 radical (unpaired) electrons. The number of carbonyl (C=O) groups is 1. The molecule has 0 fully saturated rings. The van der Waals surface area contributed by atoms with E-state index >= 15 is 0 Å². The molecule has 0 aliphatic rings. The summed E-state index contributed by atoms with van der Waals surface area (Å²) in [7, 11) is 1.31. The number of thiophene rings is 1. The molecule has 4 nitrogen and oxygen atoms in total. The van der Waals surface area contributed by atoms with Gasteiger partial charge in [0.25, 0.3) is 0 Å². The van der Waals surface area contributed by atoms with Crippen molar-refractivity contribution in [2.24, 2.45) is 0 Å². The van der Waals surface area contributed by atoms with E-state index in [1.165, 1.54) is 18.4 Å². The lowest BCUT2D eigenvalue weighted by molar-refractivity contribution is -0.137. The average Bonchev–Trinajstić information content (AvgIpc) is 2.83. The number of hydrogen-bond donors (Lipinski definition) is 2. The maximum Gasteiger partial charge on any atom is 0.416 e. The number of rotatable bonds is 3. The van der Waals surface area contributed by atoms with Crippen molar-refractivity contribution in [1.82, 2.24) is 0 Å².